The molecular weight excluding hydrogens is 228 g/mol. The van der Waals surface area contributed by atoms with Gasteiger partial charge in [0.25, 0.3) is 5.91 Å². The Kier molecular flexibility index (Phi) is 3.68. The third kappa shape index (κ3) is 3.09. The third-order valence-electron chi connectivity index (χ3n) is 3.34. The topological polar surface area (TPSA) is 70.7 Å². The van der Waals surface area contributed by atoms with E-state index in [2.05, 4.69) is 20.5 Å². The van der Waals surface area contributed by atoms with Gasteiger partial charge in [-0.2, -0.15) is 0 Å². The van der Waals surface area contributed by atoms with Crippen LogP contribution in [0, 0.1) is 0 Å². The minimum Gasteiger partial charge on any atom is -0.347 e. The molecule has 0 unspecified atom stereocenters. The van der Waals surface area contributed by atoms with Gasteiger partial charge in [-0.05, 0) is 12.8 Å². The highest BCUT2D eigenvalue weighted by Gasteiger charge is 2.23. The predicted octanol–water partition coefficient (Wildman–Crippen LogP) is 2.16. The third-order valence-corrected chi connectivity index (χ3v) is 3.34. The fourth-order valence-corrected chi connectivity index (χ4v) is 2.20. The number of carbonyl (C=O) groups is 1. The van der Waals surface area contributed by atoms with Gasteiger partial charge in [0, 0.05) is 11.5 Å². The van der Waals surface area contributed by atoms with Gasteiger partial charge < -0.3 is 5.32 Å². The number of nitrogens with zero attached hydrogens (tertiary/aromatic N) is 2. The number of rotatable bonds is 2. The first-order chi connectivity index (χ1) is 8.47. The monoisotopic (exact) mass is 250 g/mol. The molecule has 1 aromatic heterocycles. The first kappa shape index (κ1) is 13.1. The van der Waals surface area contributed by atoms with Gasteiger partial charge in [0.05, 0.1) is 0 Å². The maximum Gasteiger partial charge on any atom is 0.291 e. The van der Waals surface area contributed by atoms with Crippen molar-refractivity contribution in [3.63, 3.8) is 0 Å². The molecule has 2 rings (SSSR count). The molecule has 100 valence electrons. The van der Waals surface area contributed by atoms with E-state index in [9.17, 15) is 4.79 Å². The van der Waals surface area contributed by atoms with Crippen LogP contribution in [0.4, 0.5) is 0 Å². The maximum atomic E-state index is 12.0. The van der Waals surface area contributed by atoms with Gasteiger partial charge in [0.2, 0.25) is 5.82 Å². The summed E-state index contributed by atoms with van der Waals surface area (Å²) in [5, 5.41) is 9.86. The smallest absolute Gasteiger partial charge is 0.291 e. The largest absolute Gasteiger partial charge is 0.347 e. The Bertz CT molecular complexity index is 413. The molecule has 1 aromatic rings. The molecule has 1 aliphatic carbocycles. The molecule has 0 radical (unpaired) electrons. The summed E-state index contributed by atoms with van der Waals surface area (Å²) in [4.78, 5) is 16.3. The van der Waals surface area contributed by atoms with E-state index in [-0.39, 0.29) is 17.1 Å². The van der Waals surface area contributed by atoms with E-state index in [1.54, 1.807) is 0 Å². The number of H-pyrrole nitrogens is 1. The van der Waals surface area contributed by atoms with Crippen LogP contribution in [0.5, 0.6) is 0 Å². The molecule has 5 nitrogen and oxygen atoms in total. The van der Waals surface area contributed by atoms with Crippen LogP contribution >= 0.6 is 0 Å². The van der Waals surface area contributed by atoms with E-state index >= 15 is 0 Å². The molecule has 1 fully saturated rings. The summed E-state index contributed by atoms with van der Waals surface area (Å²) >= 11 is 0. The highest BCUT2D eigenvalue weighted by Crippen LogP contribution is 2.19. The second-order valence-electron chi connectivity index (χ2n) is 6.07. The summed E-state index contributed by atoms with van der Waals surface area (Å²) in [5.74, 6) is 0.843. The van der Waals surface area contributed by atoms with Crippen molar-refractivity contribution < 1.29 is 4.79 Å². The Morgan fingerprint density at radius 2 is 1.94 bits per heavy atom. The number of carbonyl (C=O) groups excluding carboxylic acids is 1. The molecule has 0 aliphatic heterocycles. The Balaban J connectivity index is 1.98. The van der Waals surface area contributed by atoms with Crippen LogP contribution in [0.25, 0.3) is 0 Å². The molecule has 5 heteroatoms. The molecule has 0 atom stereocenters. The summed E-state index contributed by atoms with van der Waals surface area (Å²) in [5.41, 5.74) is -0.115. The minimum absolute atomic E-state index is 0.115. The summed E-state index contributed by atoms with van der Waals surface area (Å²) in [7, 11) is 0. The van der Waals surface area contributed by atoms with Crippen LogP contribution in [0.3, 0.4) is 0 Å². The van der Waals surface area contributed by atoms with Crippen LogP contribution in [0.2, 0.25) is 0 Å². The SMILES string of the molecule is CC(C)(C)c1nc(C(=O)NC2CCCCC2)n[nH]1. The standard InChI is InChI=1S/C13H22N4O/c1-13(2,3)12-15-10(16-17-12)11(18)14-9-7-5-4-6-8-9/h9H,4-8H2,1-3H3,(H,14,18)(H,15,16,17). The molecular formula is C13H22N4O. The van der Waals surface area contributed by atoms with E-state index in [0.29, 0.717) is 6.04 Å². The zero-order valence-corrected chi connectivity index (χ0v) is 11.4. The van der Waals surface area contributed by atoms with E-state index in [0.717, 1.165) is 18.7 Å². The Hall–Kier alpha value is -1.39. The lowest BCUT2D eigenvalue weighted by atomic mass is 9.95. The fraction of sp³-hybridized carbons (Fsp3) is 0.769. The quantitative estimate of drug-likeness (QED) is 0.845. The minimum atomic E-state index is -0.159. The van der Waals surface area contributed by atoms with Gasteiger partial charge in [0.1, 0.15) is 5.82 Å². The van der Waals surface area contributed by atoms with Crippen molar-refractivity contribution in [3.8, 4) is 0 Å². The molecule has 1 heterocycles. The van der Waals surface area contributed by atoms with E-state index in [1.807, 2.05) is 20.8 Å². The van der Waals surface area contributed by atoms with E-state index in [1.165, 1.54) is 19.3 Å². The van der Waals surface area contributed by atoms with Gasteiger partial charge in [0.15, 0.2) is 0 Å². The Morgan fingerprint density at radius 1 is 1.28 bits per heavy atom. The fourth-order valence-electron chi connectivity index (χ4n) is 2.20. The predicted molar refractivity (Wildman–Crippen MR) is 69.4 cm³/mol. The van der Waals surface area contributed by atoms with Crippen molar-refractivity contribution in [1.82, 2.24) is 20.5 Å². The van der Waals surface area contributed by atoms with Crippen molar-refractivity contribution in [1.29, 1.82) is 0 Å². The van der Waals surface area contributed by atoms with Crippen LogP contribution < -0.4 is 5.32 Å². The molecule has 18 heavy (non-hydrogen) atoms. The summed E-state index contributed by atoms with van der Waals surface area (Å²) < 4.78 is 0. The Morgan fingerprint density at radius 3 is 2.50 bits per heavy atom. The summed E-state index contributed by atoms with van der Waals surface area (Å²) in [6, 6.07) is 0.294. The first-order valence-corrected chi connectivity index (χ1v) is 6.70. The maximum absolute atomic E-state index is 12.0. The van der Waals surface area contributed by atoms with Crippen molar-refractivity contribution >= 4 is 5.91 Å². The lowest BCUT2D eigenvalue weighted by Crippen LogP contribution is -2.36. The van der Waals surface area contributed by atoms with E-state index in [4.69, 9.17) is 0 Å². The number of nitrogens with one attached hydrogen (secondary N) is 2. The van der Waals surface area contributed by atoms with Crippen LogP contribution in [0.1, 0.15) is 69.3 Å². The molecule has 0 spiro atoms. The van der Waals surface area contributed by atoms with E-state index < -0.39 is 0 Å². The van der Waals surface area contributed by atoms with Crippen molar-refractivity contribution in [2.45, 2.75) is 64.3 Å². The van der Waals surface area contributed by atoms with Gasteiger partial charge in [-0.25, -0.2) is 4.98 Å². The molecule has 0 aromatic carbocycles. The van der Waals surface area contributed by atoms with Crippen molar-refractivity contribution in [2.75, 3.05) is 0 Å². The first-order valence-electron chi connectivity index (χ1n) is 6.70. The number of hydrogen-bond acceptors (Lipinski definition) is 3. The van der Waals surface area contributed by atoms with Gasteiger partial charge in [-0.3, -0.25) is 9.89 Å². The number of amides is 1. The number of aromatic nitrogens is 3. The second-order valence-corrected chi connectivity index (χ2v) is 6.07. The average molecular weight is 250 g/mol. The second kappa shape index (κ2) is 5.08. The summed E-state index contributed by atoms with van der Waals surface area (Å²) in [6.07, 6.45) is 5.82. The van der Waals surface area contributed by atoms with Gasteiger partial charge >= 0.3 is 0 Å². The normalized spacial score (nSPS) is 17.7. The van der Waals surface area contributed by atoms with Crippen molar-refractivity contribution in [3.05, 3.63) is 11.6 Å². The lowest BCUT2D eigenvalue weighted by Gasteiger charge is -2.21. The van der Waals surface area contributed by atoms with Crippen molar-refractivity contribution in [2.24, 2.45) is 0 Å². The highest BCUT2D eigenvalue weighted by molar-refractivity contribution is 5.90. The number of hydrogen-bond donors (Lipinski definition) is 2. The molecule has 2 N–H and O–H groups in total. The molecule has 1 saturated carbocycles. The zero-order valence-electron chi connectivity index (χ0n) is 11.4. The molecule has 0 bridgehead atoms. The zero-order chi connectivity index (χ0) is 13.2. The van der Waals surface area contributed by atoms with Crippen LogP contribution in [0.15, 0.2) is 0 Å². The van der Waals surface area contributed by atoms with Gasteiger partial charge in [-0.15, -0.1) is 5.10 Å². The van der Waals surface area contributed by atoms with Gasteiger partial charge in [-0.1, -0.05) is 40.0 Å². The molecule has 1 aliphatic rings. The van der Waals surface area contributed by atoms with Crippen LogP contribution in [-0.2, 0) is 5.41 Å². The lowest BCUT2D eigenvalue weighted by molar-refractivity contribution is 0.0917. The highest BCUT2D eigenvalue weighted by atomic mass is 16.2. The Labute approximate surface area is 108 Å². The average Bonchev–Trinajstić information content (AvgIpc) is 2.79. The van der Waals surface area contributed by atoms with Crippen LogP contribution in [-0.4, -0.2) is 27.1 Å². The number of aromatic amines is 1. The molecule has 0 saturated heterocycles. The summed E-state index contributed by atoms with van der Waals surface area (Å²) in [6.45, 7) is 6.11. The molecule has 1 amide bonds.